The molecule has 4 heteroatoms. The van der Waals surface area contributed by atoms with Gasteiger partial charge in [-0.05, 0) is 23.6 Å². The van der Waals surface area contributed by atoms with Crippen LogP contribution in [-0.2, 0) is 4.79 Å². The summed E-state index contributed by atoms with van der Waals surface area (Å²) in [5.41, 5.74) is 1.08. The van der Waals surface area contributed by atoms with E-state index in [1.54, 1.807) is 0 Å². The van der Waals surface area contributed by atoms with Crippen LogP contribution in [0, 0.1) is 0 Å². The first-order valence-corrected chi connectivity index (χ1v) is 6.04. The minimum Gasteiger partial charge on any atom is -0.486 e. The van der Waals surface area contributed by atoms with Crippen LogP contribution in [0.4, 0.5) is 0 Å². The van der Waals surface area contributed by atoms with Crippen molar-refractivity contribution in [3.05, 3.63) is 22.2 Å². The van der Waals surface area contributed by atoms with Crippen molar-refractivity contribution in [2.24, 2.45) is 0 Å². The molecule has 0 aromatic heterocycles. The van der Waals surface area contributed by atoms with Crippen LogP contribution in [0.25, 0.3) is 0 Å². The number of aldehydes is 1. The van der Waals surface area contributed by atoms with E-state index in [0.717, 1.165) is 27.8 Å². The third kappa shape index (κ3) is 2.21. The maximum atomic E-state index is 10.5. The summed E-state index contributed by atoms with van der Waals surface area (Å²) in [5, 5.41) is 0. The number of fused-ring (bicyclic) bond motifs is 1. The molecule has 1 aliphatic heterocycles. The second-order valence-corrected chi connectivity index (χ2v) is 4.68. The predicted molar refractivity (Wildman–Crippen MR) is 64.2 cm³/mol. The number of carbonyl (C=O) groups is 1. The van der Waals surface area contributed by atoms with Crippen molar-refractivity contribution in [3.8, 4) is 11.5 Å². The first-order chi connectivity index (χ1) is 7.72. The highest BCUT2D eigenvalue weighted by atomic mass is 79.9. The number of benzene rings is 1. The summed E-state index contributed by atoms with van der Waals surface area (Å²) in [6.07, 6.45) is 1.45. The van der Waals surface area contributed by atoms with Crippen LogP contribution in [0.5, 0.6) is 11.5 Å². The van der Waals surface area contributed by atoms with E-state index in [2.05, 4.69) is 15.9 Å². The lowest BCUT2D eigenvalue weighted by atomic mass is 9.98. The average Bonchev–Trinajstić information content (AvgIpc) is 2.28. The summed E-state index contributed by atoms with van der Waals surface area (Å²) >= 11 is 3.49. The van der Waals surface area contributed by atoms with E-state index in [0.29, 0.717) is 19.6 Å². The highest BCUT2D eigenvalue weighted by Crippen LogP contribution is 2.38. The van der Waals surface area contributed by atoms with Gasteiger partial charge in [-0.15, -0.1) is 0 Å². The Hall–Kier alpha value is -1.03. The first-order valence-electron chi connectivity index (χ1n) is 5.25. The number of rotatable bonds is 3. The van der Waals surface area contributed by atoms with Crippen LogP contribution in [0.3, 0.4) is 0 Å². The van der Waals surface area contributed by atoms with Crippen LogP contribution >= 0.6 is 15.9 Å². The van der Waals surface area contributed by atoms with E-state index in [1.165, 1.54) is 0 Å². The zero-order chi connectivity index (χ0) is 11.5. The molecule has 86 valence electrons. The molecule has 1 unspecified atom stereocenters. The van der Waals surface area contributed by atoms with Gasteiger partial charge in [0, 0.05) is 10.9 Å². The van der Waals surface area contributed by atoms with Crippen molar-refractivity contribution in [1.29, 1.82) is 0 Å². The molecular formula is C12H13BrO3. The summed E-state index contributed by atoms with van der Waals surface area (Å²) in [6, 6.07) is 3.86. The molecule has 0 bridgehead atoms. The number of hydrogen-bond acceptors (Lipinski definition) is 3. The molecule has 1 aliphatic rings. The Bertz CT molecular complexity index is 403. The first kappa shape index (κ1) is 11.5. The standard InChI is InChI=1S/C12H13BrO3/c1-8(2-3-14)9-6-11-12(7-10(9)13)16-5-4-15-11/h3,6-8H,2,4-5H2,1H3. The summed E-state index contributed by atoms with van der Waals surface area (Å²) < 4.78 is 12.0. The van der Waals surface area contributed by atoms with Crippen molar-refractivity contribution >= 4 is 22.2 Å². The zero-order valence-corrected chi connectivity index (χ0v) is 10.6. The smallest absolute Gasteiger partial charge is 0.162 e. The Balaban J connectivity index is 2.35. The van der Waals surface area contributed by atoms with Crippen LogP contribution in [0.15, 0.2) is 16.6 Å². The van der Waals surface area contributed by atoms with Crippen LogP contribution in [-0.4, -0.2) is 19.5 Å². The lowest BCUT2D eigenvalue weighted by Crippen LogP contribution is -2.15. The predicted octanol–water partition coefficient (Wildman–Crippen LogP) is 2.91. The third-order valence-corrected chi connectivity index (χ3v) is 3.33. The van der Waals surface area contributed by atoms with Gasteiger partial charge in [0.05, 0.1) is 0 Å². The highest BCUT2D eigenvalue weighted by molar-refractivity contribution is 9.10. The maximum absolute atomic E-state index is 10.5. The SMILES string of the molecule is CC(CC=O)c1cc2c(cc1Br)OCCO2. The Morgan fingerprint density at radius 1 is 1.38 bits per heavy atom. The molecule has 0 saturated carbocycles. The molecule has 1 heterocycles. The number of carbonyl (C=O) groups excluding carboxylic acids is 1. The van der Waals surface area contributed by atoms with Gasteiger partial charge in [-0.1, -0.05) is 22.9 Å². The summed E-state index contributed by atoms with van der Waals surface area (Å²) in [5.74, 6) is 1.71. The molecule has 0 spiro atoms. The molecule has 0 aliphatic carbocycles. The molecule has 0 amide bonds. The third-order valence-electron chi connectivity index (χ3n) is 2.64. The summed E-state index contributed by atoms with van der Waals surface area (Å²) in [6.45, 7) is 3.18. The Morgan fingerprint density at radius 3 is 2.62 bits per heavy atom. The van der Waals surface area contributed by atoms with Gasteiger partial charge < -0.3 is 14.3 Å². The summed E-state index contributed by atoms with van der Waals surface area (Å²) in [7, 11) is 0. The molecule has 1 aromatic rings. The van der Waals surface area contributed by atoms with Gasteiger partial charge in [-0.3, -0.25) is 0 Å². The lowest BCUT2D eigenvalue weighted by molar-refractivity contribution is -0.108. The normalized spacial score (nSPS) is 15.6. The van der Waals surface area contributed by atoms with E-state index in [9.17, 15) is 4.79 Å². The van der Waals surface area contributed by atoms with Crippen molar-refractivity contribution in [2.45, 2.75) is 19.3 Å². The van der Waals surface area contributed by atoms with E-state index >= 15 is 0 Å². The average molecular weight is 285 g/mol. The maximum Gasteiger partial charge on any atom is 0.162 e. The topological polar surface area (TPSA) is 35.5 Å². The number of hydrogen-bond donors (Lipinski definition) is 0. The van der Waals surface area contributed by atoms with Gasteiger partial charge in [-0.2, -0.15) is 0 Å². The van der Waals surface area contributed by atoms with Gasteiger partial charge >= 0.3 is 0 Å². The van der Waals surface area contributed by atoms with Crippen LogP contribution in [0.2, 0.25) is 0 Å². The number of halogens is 1. The van der Waals surface area contributed by atoms with Gasteiger partial charge in [0.2, 0.25) is 0 Å². The molecule has 1 aromatic carbocycles. The molecule has 0 fully saturated rings. The largest absolute Gasteiger partial charge is 0.486 e. The molecule has 2 rings (SSSR count). The van der Waals surface area contributed by atoms with Crippen molar-refractivity contribution < 1.29 is 14.3 Å². The van der Waals surface area contributed by atoms with Crippen molar-refractivity contribution in [1.82, 2.24) is 0 Å². The van der Waals surface area contributed by atoms with Crippen molar-refractivity contribution in [2.75, 3.05) is 13.2 Å². The van der Waals surface area contributed by atoms with E-state index in [1.807, 2.05) is 19.1 Å². The second-order valence-electron chi connectivity index (χ2n) is 3.82. The van der Waals surface area contributed by atoms with Gasteiger partial charge in [0.15, 0.2) is 11.5 Å². The zero-order valence-electron chi connectivity index (χ0n) is 9.03. The molecule has 1 atom stereocenters. The second kappa shape index (κ2) is 4.87. The monoisotopic (exact) mass is 284 g/mol. The molecule has 0 radical (unpaired) electrons. The van der Waals surface area contributed by atoms with E-state index in [-0.39, 0.29) is 5.92 Å². The van der Waals surface area contributed by atoms with Gasteiger partial charge in [0.25, 0.3) is 0 Å². The lowest BCUT2D eigenvalue weighted by Gasteiger charge is -2.21. The molecule has 0 saturated heterocycles. The fraction of sp³-hybridized carbons (Fsp3) is 0.417. The Kier molecular flexibility index (Phi) is 3.49. The van der Waals surface area contributed by atoms with E-state index in [4.69, 9.17) is 9.47 Å². The molecule has 16 heavy (non-hydrogen) atoms. The van der Waals surface area contributed by atoms with Gasteiger partial charge in [-0.25, -0.2) is 0 Å². The minimum absolute atomic E-state index is 0.183. The Morgan fingerprint density at radius 2 is 2.00 bits per heavy atom. The summed E-state index contributed by atoms with van der Waals surface area (Å²) in [4.78, 5) is 10.5. The van der Waals surface area contributed by atoms with Crippen molar-refractivity contribution in [3.63, 3.8) is 0 Å². The molecule has 3 nitrogen and oxygen atoms in total. The highest BCUT2D eigenvalue weighted by Gasteiger charge is 2.17. The minimum atomic E-state index is 0.183. The quantitative estimate of drug-likeness (QED) is 0.801. The van der Waals surface area contributed by atoms with Crippen LogP contribution in [0.1, 0.15) is 24.8 Å². The molecular weight excluding hydrogens is 272 g/mol. The number of ether oxygens (including phenoxy) is 2. The fourth-order valence-electron chi connectivity index (χ4n) is 1.73. The molecule has 0 N–H and O–H groups in total. The fourth-order valence-corrected chi connectivity index (χ4v) is 2.44. The van der Waals surface area contributed by atoms with Crippen LogP contribution < -0.4 is 9.47 Å². The Labute approximate surface area is 103 Å². The van der Waals surface area contributed by atoms with E-state index < -0.39 is 0 Å². The van der Waals surface area contributed by atoms with Gasteiger partial charge in [0.1, 0.15) is 19.5 Å².